The molecule has 0 aliphatic rings. The zero-order valence-electron chi connectivity index (χ0n) is 15.9. The lowest BCUT2D eigenvalue weighted by Crippen LogP contribution is -2.36. The molecule has 0 unspecified atom stereocenters. The lowest BCUT2D eigenvalue weighted by molar-refractivity contribution is -0.129. The number of aryl methyl sites for hydroxylation is 1. The van der Waals surface area contributed by atoms with Crippen molar-refractivity contribution in [2.24, 2.45) is 0 Å². The summed E-state index contributed by atoms with van der Waals surface area (Å²) in [6.45, 7) is 2.80. The fourth-order valence-electron chi connectivity index (χ4n) is 2.91. The van der Waals surface area contributed by atoms with E-state index in [1.165, 1.54) is 0 Å². The predicted molar refractivity (Wildman–Crippen MR) is 109 cm³/mol. The predicted octanol–water partition coefficient (Wildman–Crippen LogP) is 3.15. The molecular formula is C20H21ClN4O3. The molecule has 1 N–H and O–H groups in total. The number of amides is 1. The number of rotatable bonds is 7. The third kappa shape index (κ3) is 4.43. The number of likely N-dealkylation sites (N-methyl/N-ethyl adjacent to an activating group) is 2. The minimum absolute atomic E-state index is 0.0887. The number of nitrogens with zero attached hydrogens (tertiary/aromatic N) is 3. The number of aromatic amines is 1. The second-order valence-corrected chi connectivity index (χ2v) is 7.07. The quantitative estimate of drug-likeness (QED) is 0.616. The van der Waals surface area contributed by atoms with Gasteiger partial charge in [0.15, 0.2) is 5.75 Å². The Bertz CT molecular complexity index is 1020. The Balaban J connectivity index is 1.69. The van der Waals surface area contributed by atoms with Gasteiger partial charge in [0.2, 0.25) is 5.91 Å². The smallest absolute Gasteiger partial charge is 0.298 e. The number of fused-ring (bicyclic) bond motifs is 1. The number of ether oxygens (including phenoxy) is 1. The maximum Gasteiger partial charge on any atom is 0.298 e. The highest BCUT2D eigenvalue weighted by atomic mass is 35.5. The Morgan fingerprint density at radius 2 is 2.04 bits per heavy atom. The Hall–Kier alpha value is -3.06. The SMILES string of the molecule is Cc1ccc2[nH]c(CN(C)C(=O)CN(C)c3cc(Cl)ccc3OC=O)nc2c1. The van der Waals surface area contributed by atoms with Crippen LogP contribution in [0.2, 0.25) is 5.02 Å². The number of carbonyl (C=O) groups excluding carboxylic acids is 2. The first-order valence-electron chi connectivity index (χ1n) is 8.67. The molecule has 1 amide bonds. The molecule has 0 spiro atoms. The number of aromatic nitrogens is 2. The third-order valence-electron chi connectivity index (χ3n) is 4.38. The zero-order chi connectivity index (χ0) is 20.3. The lowest BCUT2D eigenvalue weighted by Gasteiger charge is -2.24. The van der Waals surface area contributed by atoms with Crippen molar-refractivity contribution in [2.75, 3.05) is 25.5 Å². The van der Waals surface area contributed by atoms with Gasteiger partial charge in [-0.25, -0.2) is 4.98 Å². The molecule has 146 valence electrons. The highest BCUT2D eigenvalue weighted by Gasteiger charge is 2.17. The molecular weight excluding hydrogens is 380 g/mol. The van der Waals surface area contributed by atoms with Crippen LogP contribution in [0.25, 0.3) is 11.0 Å². The topological polar surface area (TPSA) is 78.5 Å². The number of hydrogen-bond acceptors (Lipinski definition) is 5. The molecule has 0 aliphatic carbocycles. The molecule has 0 aliphatic heterocycles. The van der Waals surface area contributed by atoms with Crippen molar-refractivity contribution in [1.82, 2.24) is 14.9 Å². The zero-order valence-corrected chi connectivity index (χ0v) is 16.7. The average molecular weight is 401 g/mol. The van der Waals surface area contributed by atoms with Crippen molar-refractivity contribution in [3.8, 4) is 5.75 Å². The number of anilines is 1. The second kappa shape index (κ2) is 8.31. The van der Waals surface area contributed by atoms with Gasteiger partial charge in [-0.3, -0.25) is 9.59 Å². The van der Waals surface area contributed by atoms with Gasteiger partial charge in [-0.1, -0.05) is 17.7 Å². The first-order valence-corrected chi connectivity index (χ1v) is 9.05. The summed E-state index contributed by atoms with van der Waals surface area (Å²) in [5.74, 6) is 0.938. The third-order valence-corrected chi connectivity index (χ3v) is 4.62. The van der Waals surface area contributed by atoms with Gasteiger partial charge in [-0.05, 0) is 42.8 Å². The van der Waals surface area contributed by atoms with Gasteiger partial charge in [-0.2, -0.15) is 0 Å². The Labute approximate surface area is 167 Å². The minimum Gasteiger partial charge on any atom is -0.427 e. The molecule has 0 fully saturated rings. The van der Waals surface area contributed by atoms with E-state index in [9.17, 15) is 9.59 Å². The molecule has 0 saturated carbocycles. The lowest BCUT2D eigenvalue weighted by atomic mass is 10.2. The van der Waals surface area contributed by atoms with Gasteiger partial charge in [0.05, 0.1) is 29.8 Å². The van der Waals surface area contributed by atoms with Gasteiger partial charge in [-0.15, -0.1) is 0 Å². The molecule has 2 aromatic carbocycles. The average Bonchev–Trinajstić information content (AvgIpc) is 3.04. The van der Waals surface area contributed by atoms with E-state index in [1.54, 1.807) is 42.1 Å². The largest absolute Gasteiger partial charge is 0.427 e. The number of H-pyrrole nitrogens is 1. The summed E-state index contributed by atoms with van der Waals surface area (Å²) in [7, 11) is 3.45. The summed E-state index contributed by atoms with van der Waals surface area (Å²) in [6, 6.07) is 10.8. The Kier molecular flexibility index (Phi) is 5.84. The second-order valence-electron chi connectivity index (χ2n) is 6.64. The molecule has 3 aromatic rings. The molecule has 0 bridgehead atoms. The van der Waals surface area contributed by atoms with E-state index in [0.29, 0.717) is 35.3 Å². The molecule has 0 radical (unpaired) electrons. The Morgan fingerprint density at radius 3 is 2.79 bits per heavy atom. The van der Waals surface area contributed by atoms with Crippen molar-refractivity contribution in [3.05, 3.63) is 52.8 Å². The van der Waals surface area contributed by atoms with Crippen molar-refractivity contribution in [3.63, 3.8) is 0 Å². The van der Waals surface area contributed by atoms with Gasteiger partial charge in [0, 0.05) is 19.1 Å². The van der Waals surface area contributed by atoms with Crippen LogP contribution >= 0.6 is 11.6 Å². The number of carbonyl (C=O) groups is 2. The fourth-order valence-corrected chi connectivity index (χ4v) is 3.07. The van der Waals surface area contributed by atoms with Crippen LogP contribution in [0, 0.1) is 6.92 Å². The van der Waals surface area contributed by atoms with Crippen LogP contribution in [0.1, 0.15) is 11.4 Å². The highest BCUT2D eigenvalue weighted by Crippen LogP contribution is 2.30. The number of imidazole rings is 1. The van der Waals surface area contributed by atoms with E-state index in [2.05, 4.69) is 9.97 Å². The summed E-state index contributed by atoms with van der Waals surface area (Å²) in [5, 5.41) is 0.485. The van der Waals surface area contributed by atoms with E-state index in [1.807, 2.05) is 25.1 Å². The van der Waals surface area contributed by atoms with Crippen LogP contribution in [0.4, 0.5) is 5.69 Å². The van der Waals surface area contributed by atoms with Crippen LogP contribution in [0.3, 0.4) is 0 Å². The van der Waals surface area contributed by atoms with Crippen molar-refractivity contribution in [2.45, 2.75) is 13.5 Å². The molecule has 3 rings (SSSR count). The molecule has 0 atom stereocenters. The highest BCUT2D eigenvalue weighted by molar-refractivity contribution is 6.31. The minimum atomic E-state index is -0.115. The number of hydrogen-bond donors (Lipinski definition) is 1. The normalized spacial score (nSPS) is 10.7. The van der Waals surface area contributed by atoms with Gasteiger partial charge >= 0.3 is 0 Å². The van der Waals surface area contributed by atoms with Crippen molar-refractivity contribution < 1.29 is 14.3 Å². The molecule has 28 heavy (non-hydrogen) atoms. The summed E-state index contributed by atoms with van der Waals surface area (Å²) in [6.07, 6.45) is 0. The molecule has 0 saturated heterocycles. The van der Waals surface area contributed by atoms with E-state index in [-0.39, 0.29) is 12.5 Å². The van der Waals surface area contributed by atoms with Gasteiger partial charge < -0.3 is 19.5 Å². The summed E-state index contributed by atoms with van der Waals surface area (Å²) < 4.78 is 4.97. The first-order chi connectivity index (χ1) is 13.4. The van der Waals surface area contributed by atoms with E-state index in [0.717, 1.165) is 16.6 Å². The van der Waals surface area contributed by atoms with Crippen LogP contribution in [0.15, 0.2) is 36.4 Å². The molecule has 7 nitrogen and oxygen atoms in total. The number of nitrogens with one attached hydrogen (secondary N) is 1. The molecule has 8 heteroatoms. The van der Waals surface area contributed by atoms with Gasteiger partial charge in [0.1, 0.15) is 5.82 Å². The first kappa shape index (κ1) is 19.7. The standard InChI is InChI=1S/C20H21ClN4O3/c1-13-4-6-15-16(8-13)23-19(22-15)10-25(3)20(27)11-24(2)17-9-14(21)5-7-18(17)28-12-26/h4-9,12H,10-11H2,1-3H3,(H,22,23). The molecule has 1 heterocycles. The van der Waals surface area contributed by atoms with Crippen molar-refractivity contribution in [1.29, 1.82) is 0 Å². The van der Waals surface area contributed by atoms with E-state index >= 15 is 0 Å². The number of halogens is 1. The van der Waals surface area contributed by atoms with Gasteiger partial charge in [0.25, 0.3) is 6.47 Å². The molecule has 1 aromatic heterocycles. The van der Waals surface area contributed by atoms with Crippen LogP contribution < -0.4 is 9.64 Å². The fraction of sp³-hybridized carbons (Fsp3) is 0.250. The van der Waals surface area contributed by atoms with E-state index in [4.69, 9.17) is 16.3 Å². The van der Waals surface area contributed by atoms with E-state index < -0.39 is 0 Å². The summed E-state index contributed by atoms with van der Waals surface area (Å²) >= 11 is 6.04. The summed E-state index contributed by atoms with van der Waals surface area (Å²) in [5.41, 5.74) is 3.50. The van der Waals surface area contributed by atoms with Crippen molar-refractivity contribution >= 4 is 40.7 Å². The van der Waals surface area contributed by atoms with Crippen LogP contribution in [-0.2, 0) is 16.1 Å². The van der Waals surface area contributed by atoms with Crippen LogP contribution in [-0.4, -0.2) is 47.9 Å². The maximum absolute atomic E-state index is 12.7. The summed E-state index contributed by atoms with van der Waals surface area (Å²) in [4.78, 5) is 34.4. The number of benzene rings is 2. The maximum atomic E-state index is 12.7. The Morgan fingerprint density at radius 1 is 1.25 bits per heavy atom. The monoisotopic (exact) mass is 400 g/mol. The van der Waals surface area contributed by atoms with Crippen LogP contribution in [0.5, 0.6) is 5.75 Å².